The van der Waals surface area contributed by atoms with E-state index in [0.717, 1.165) is 25.3 Å². The van der Waals surface area contributed by atoms with Crippen molar-refractivity contribution in [2.45, 2.75) is 20.3 Å². The van der Waals surface area contributed by atoms with E-state index in [0.29, 0.717) is 13.2 Å². The Morgan fingerprint density at radius 3 is 2.63 bits per heavy atom. The molecule has 0 aromatic heterocycles. The fourth-order valence-corrected chi connectivity index (χ4v) is 1.60. The standard InChI is InChI=1S/C15H24N2O2/c1-4-9-16-15(18)12-17(3)10-11-19-14-7-5-13(2)6-8-14/h5-8H,4,9-12H2,1-3H3,(H,16,18). The number of carbonyl (C=O) groups is 1. The Bertz CT molecular complexity index is 376. The maximum Gasteiger partial charge on any atom is 0.234 e. The Morgan fingerprint density at radius 2 is 2.00 bits per heavy atom. The van der Waals surface area contributed by atoms with Crippen molar-refractivity contribution in [2.24, 2.45) is 0 Å². The van der Waals surface area contributed by atoms with Crippen molar-refractivity contribution < 1.29 is 9.53 Å². The summed E-state index contributed by atoms with van der Waals surface area (Å²) < 4.78 is 5.62. The Labute approximate surface area is 115 Å². The molecular formula is C15H24N2O2. The van der Waals surface area contributed by atoms with Crippen LogP contribution in [-0.4, -0.2) is 44.1 Å². The first-order valence-electron chi connectivity index (χ1n) is 6.76. The number of rotatable bonds is 8. The molecule has 0 spiro atoms. The van der Waals surface area contributed by atoms with E-state index in [4.69, 9.17) is 4.74 Å². The molecule has 4 nitrogen and oxygen atoms in total. The number of benzene rings is 1. The van der Waals surface area contributed by atoms with Crippen LogP contribution in [0, 0.1) is 6.92 Å². The third kappa shape index (κ3) is 6.82. The molecule has 0 saturated carbocycles. The van der Waals surface area contributed by atoms with Gasteiger partial charge in [0.15, 0.2) is 0 Å². The van der Waals surface area contributed by atoms with Gasteiger partial charge in [0.05, 0.1) is 6.54 Å². The summed E-state index contributed by atoms with van der Waals surface area (Å²) in [7, 11) is 1.92. The number of nitrogens with zero attached hydrogens (tertiary/aromatic N) is 1. The summed E-state index contributed by atoms with van der Waals surface area (Å²) in [4.78, 5) is 13.4. The van der Waals surface area contributed by atoms with Gasteiger partial charge in [-0.15, -0.1) is 0 Å². The lowest BCUT2D eigenvalue weighted by Gasteiger charge is -2.16. The van der Waals surface area contributed by atoms with Crippen molar-refractivity contribution in [3.63, 3.8) is 0 Å². The molecule has 0 atom stereocenters. The van der Waals surface area contributed by atoms with Crippen molar-refractivity contribution >= 4 is 5.91 Å². The van der Waals surface area contributed by atoms with Crippen LogP contribution in [0.4, 0.5) is 0 Å². The maximum atomic E-state index is 11.5. The van der Waals surface area contributed by atoms with Crippen LogP contribution in [0.5, 0.6) is 5.75 Å². The number of nitrogens with one attached hydrogen (secondary N) is 1. The van der Waals surface area contributed by atoms with Crippen LogP contribution in [0.15, 0.2) is 24.3 Å². The van der Waals surface area contributed by atoms with Crippen molar-refractivity contribution in [1.82, 2.24) is 10.2 Å². The molecule has 1 N–H and O–H groups in total. The van der Waals surface area contributed by atoms with E-state index in [1.807, 2.05) is 50.1 Å². The van der Waals surface area contributed by atoms with Crippen molar-refractivity contribution in [2.75, 3.05) is 33.3 Å². The highest BCUT2D eigenvalue weighted by atomic mass is 16.5. The molecule has 0 heterocycles. The predicted octanol–water partition coefficient (Wildman–Crippen LogP) is 1.83. The zero-order chi connectivity index (χ0) is 14.1. The summed E-state index contributed by atoms with van der Waals surface area (Å²) in [5.41, 5.74) is 1.22. The molecule has 0 radical (unpaired) electrons. The molecule has 1 aromatic rings. The van der Waals surface area contributed by atoms with Crippen LogP contribution in [0.25, 0.3) is 0 Å². The monoisotopic (exact) mass is 264 g/mol. The summed E-state index contributed by atoms with van der Waals surface area (Å²) >= 11 is 0. The van der Waals surface area contributed by atoms with Crippen LogP contribution in [0.2, 0.25) is 0 Å². The largest absolute Gasteiger partial charge is 0.492 e. The summed E-state index contributed by atoms with van der Waals surface area (Å²) in [5, 5.41) is 2.86. The molecule has 0 aliphatic carbocycles. The summed E-state index contributed by atoms with van der Waals surface area (Å²) in [5.74, 6) is 0.939. The van der Waals surface area contributed by atoms with Gasteiger partial charge in [0.1, 0.15) is 12.4 Å². The van der Waals surface area contributed by atoms with E-state index in [1.54, 1.807) is 0 Å². The van der Waals surface area contributed by atoms with Crippen molar-refractivity contribution in [3.05, 3.63) is 29.8 Å². The van der Waals surface area contributed by atoms with Crippen LogP contribution in [0.1, 0.15) is 18.9 Å². The molecule has 0 aliphatic rings. The molecule has 1 amide bonds. The number of hydrogen-bond acceptors (Lipinski definition) is 3. The molecule has 19 heavy (non-hydrogen) atoms. The van der Waals surface area contributed by atoms with E-state index < -0.39 is 0 Å². The van der Waals surface area contributed by atoms with Crippen LogP contribution in [0.3, 0.4) is 0 Å². The highest BCUT2D eigenvalue weighted by Gasteiger charge is 2.05. The summed E-state index contributed by atoms with van der Waals surface area (Å²) in [6.45, 7) is 6.56. The minimum absolute atomic E-state index is 0.0692. The molecule has 0 aliphatic heterocycles. The van der Waals surface area contributed by atoms with Gasteiger partial charge < -0.3 is 10.1 Å². The van der Waals surface area contributed by atoms with E-state index in [-0.39, 0.29) is 5.91 Å². The molecule has 0 bridgehead atoms. The number of likely N-dealkylation sites (N-methyl/N-ethyl adjacent to an activating group) is 1. The molecule has 0 saturated heterocycles. The molecule has 4 heteroatoms. The lowest BCUT2D eigenvalue weighted by Crippen LogP contribution is -2.37. The van der Waals surface area contributed by atoms with Crippen LogP contribution in [-0.2, 0) is 4.79 Å². The third-order valence-electron chi connectivity index (χ3n) is 2.75. The highest BCUT2D eigenvalue weighted by molar-refractivity contribution is 5.77. The van der Waals surface area contributed by atoms with E-state index in [1.165, 1.54) is 5.56 Å². The van der Waals surface area contributed by atoms with Gasteiger partial charge in [0.2, 0.25) is 5.91 Å². The fourth-order valence-electron chi connectivity index (χ4n) is 1.60. The molecule has 0 fully saturated rings. The average molecular weight is 264 g/mol. The molecular weight excluding hydrogens is 240 g/mol. The third-order valence-corrected chi connectivity index (χ3v) is 2.75. The first-order valence-corrected chi connectivity index (χ1v) is 6.76. The summed E-state index contributed by atoms with van der Waals surface area (Å²) in [6, 6.07) is 7.97. The Kier molecular flexibility index (Phi) is 6.97. The van der Waals surface area contributed by atoms with Crippen LogP contribution >= 0.6 is 0 Å². The summed E-state index contributed by atoms with van der Waals surface area (Å²) in [6.07, 6.45) is 0.964. The minimum atomic E-state index is 0.0692. The van der Waals surface area contributed by atoms with E-state index in [2.05, 4.69) is 5.32 Å². The Morgan fingerprint density at radius 1 is 1.32 bits per heavy atom. The number of carbonyl (C=O) groups excluding carboxylic acids is 1. The van der Waals surface area contributed by atoms with E-state index >= 15 is 0 Å². The second-order valence-electron chi connectivity index (χ2n) is 4.75. The second kappa shape index (κ2) is 8.53. The first-order chi connectivity index (χ1) is 9.11. The average Bonchev–Trinajstić information content (AvgIpc) is 2.38. The Balaban J connectivity index is 2.18. The second-order valence-corrected chi connectivity index (χ2v) is 4.75. The maximum absolute atomic E-state index is 11.5. The van der Waals surface area contributed by atoms with Gasteiger partial charge >= 0.3 is 0 Å². The normalized spacial score (nSPS) is 10.5. The molecule has 0 unspecified atom stereocenters. The Hall–Kier alpha value is -1.55. The molecule has 1 aromatic carbocycles. The number of ether oxygens (including phenoxy) is 1. The quantitative estimate of drug-likeness (QED) is 0.779. The van der Waals surface area contributed by atoms with Gasteiger partial charge in [-0.2, -0.15) is 0 Å². The zero-order valence-electron chi connectivity index (χ0n) is 12.1. The smallest absolute Gasteiger partial charge is 0.234 e. The lowest BCUT2D eigenvalue weighted by molar-refractivity contribution is -0.122. The van der Waals surface area contributed by atoms with Gasteiger partial charge in [-0.3, -0.25) is 9.69 Å². The number of amides is 1. The van der Waals surface area contributed by atoms with Crippen LogP contribution < -0.4 is 10.1 Å². The highest BCUT2D eigenvalue weighted by Crippen LogP contribution is 2.10. The fraction of sp³-hybridized carbons (Fsp3) is 0.533. The molecule has 1 rings (SSSR count). The van der Waals surface area contributed by atoms with Gasteiger partial charge in [-0.25, -0.2) is 0 Å². The van der Waals surface area contributed by atoms with Gasteiger partial charge in [0, 0.05) is 13.1 Å². The topological polar surface area (TPSA) is 41.6 Å². The number of aryl methyl sites for hydroxylation is 1. The van der Waals surface area contributed by atoms with Gasteiger partial charge in [-0.1, -0.05) is 24.6 Å². The predicted molar refractivity (Wildman–Crippen MR) is 77.5 cm³/mol. The first kappa shape index (κ1) is 15.5. The number of hydrogen-bond donors (Lipinski definition) is 1. The lowest BCUT2D eigenvalue weighted by atomic mass is 10.2. The molecule has 106 valence electrons. The van der Waals surface area contributed by atoms with Gasteiger partial charge in [-0.05, 0) is 32.5 Å². The zero-order valence-corrected chi connectivity index (χ0v) is 12.1. The van der Waals surface area contributed by atoms with Crippen molar-refractivity contribution in [1.29, 1.82) is 0 Å². The SMILES string of the molecule is CCCNC(=O)CN(C)CCOc1ccc(C)cc1. The van der Waals surface area contributed by atoms with Crippen molar-refractivity contribution in [3.8, 4) is 5.75 Å². The van der Waals surface area contributed by atoms with E-state index in [9.17, 15) is 4.79 Å². The van der Waals surface area contributed by atoms with Gasteiger partial charge in [0.25, 0.3) is 0 Å². The minimum Gasteiger partial charge on any atom is -0.492 e.